The Morgan fingerprint density at radius 3 is 2.62 bits per heavy atom. The fourth-order valence-corrected chi connectivity index (χ4v) is 1.75. The van der Waals surface area contributed by atoms with Crippen LogP contribution in [0.3, 0.4) is 0 Å². The summed E-state index contributed by atoms with van der Waals surface area (Å²) in [7, 11) is -3.10. The van der Waals surface area contributed by atoms with Crippen molar-refractivity contribution in [1.29, 1.82) is 0 Å². The van der Waals surface area contributed by atoms with E-state index in [9.17, 15) is 8.42 Å². The van der Waals surface area contributed by atoms with E-state index in [0.717, 1.165) is 22.6 Å². The van der Waals surface area contributed by atoms with E-state index in [0.29, 0.717) is 5.69 Å². The molecule has 1 aromatic heterocycles. The summed E-state index contributed by atoms with van der Waals surface area (Å²) in [6.45, 7) is 0. The molecule has 0 saturated carbocycles. The van der Waals surface area contributed by atoms with Crippen molar-refractivity contribution in [2.24, 2.45) is 0 Å². The Morgan fingerprint density at radius 1 is 1.12 bits per heavy atom. The van der Waals surface area contributed by atoms with Crippen LogP contribution >= 0.6 is 0 Å². The van der Waals surface area contributed by atoms with E-state index in [1.807, 2.05) is 30.3 Å². The molecule has 0 N–H and O–H groups in total. The van der Waals surface area contributed by atoms with Gasteiger partial charge in [0.15, 0.2) is 9.84 Å². The molecule has 16 heavy (non-hydrogen) atoms. The lowest BCUT2D eigenvalue weighted by atomic mass is 10.2. The van der Waals surface area contributed by atoms with Gasteiger partial charge in [0.05, 0.1) is 11.2 Å². The van der Waals surface area contributed by atoms with Crippen LogP contribution in [0.4, 0.5) is 0 Å². The Labute approximate surface area is 94.4 Å². The number of hydrogen-bond donors (Lipinski definition) is 0. The van der Waals surface area contributed by atoms with Crippen molar-refractivity contribution in [3.05, 3.63) is 47.5 Å². The Bertz CT molecular complexity index is 645. The van der Waals surface area contributed by atoms with Crippen molar-refractivity contribution in [2.45, 2.75) is 0 Å². The number of fused-ring (bicyclic) bond motifs is 1. The number of nitrogens with zero attached hydrogens (tertiary/aromatic N) is 1. The summed E-state index contributed by atoms with van der Waals surface area (Å²) < 4.78 is 21.9. The molecule has 0 aliphatic heterocycles. The third-order valence-corrected chi connectivity index (χ3v) is 2.74. The highest BCUT2D eigenvalue weighted by Gasteiger charge is 1.97. The molecule has 0 spiro atoms. The smallest absolute Gasteiger partial charge is 0.168 e. The van der Waals surface area contributed by atoms with Crippen molar-refractivity contribution < 1.29 is 8.42 Å². The second kappa shape index (κ2) is 4.06. The molecule has 0 amide bonds. The third-order valence-electron chi connectivity index (χ3n) is 2.11. The second-order valence-corrected chi connectivity index (χ2v) is 5.49. The van der Waals surface area contributed by atoms with Crippen molar-refractivity contribution in [1.82, 2.24) is 4.98 Å². The molecule has 0 radical (unpaired) electrons. The van der Waals surface area contributed by atoms with Crippen LogP contribution in [0.2, 0.25) is 0 Å². The lowest BCUT2D eigenvalue weighted by Gasteiger charge is -1.97. The van der Waals surface area contributed by atoms with E-state index in [-0.39, 0.29) is 0 Å². The number of para-hydroxylation sites is 1. The first-order valence-electron chi connectivity index (χ1n) is 4.78. The molecule has 0 saturated heterocycles. The molecule has 0 aliphatic carbocycles. The van der Waals surface area contributed by atoms with E-state index in [1.165, 1.54) is 6.08 Å². The van der Waals surface area contributed by atoms with Gasteiger partial charge in [-0.1, -0.05) is 24.3 Å². The quantitative estimate of drug-likeness (QED) is 0.799. The molecule has 0 fully saturated rings. The van der Waals surface area contributed by atoms with Gasteiger partial charge in [-0.25, -0.2) is 13.4 Å². The van der Waals surface area contributed by atoms with Gasteiger partial charge in [-0.05, 0) is 18.2 Å². The monoisotopic (exact) mass is 233 g/mol. The van der Waals surface area contributed by atoms with Gasteiger partial charge in [0.25, 0.3) is 0 Å². The van der Waals surface area contributed by atoms with Gasteiger partial charge in [-0.2, -0.15) is 0 Å². The number of sulfone groups is 1. The zero-order chi connectivity index (χ0) is 11.6. The number of aromatic nitrogens is 1. The van der Waals surface area contributed by atoms with Gasteiger partial charge in [-0.15, -0.1) is 0 Å². The second-order valence-electron chi connectivity index (χ2n) is 3.56. The van der Waals surface area contributed by atoms with E-state index in [1.54, 1.807) is 6.07 Å². The minimum Gasteiger partial charge on any atom is -0.248 e. The SMILES string of the molecule is CS(=O)(=O)/C=C/c1ccc2ccccc2n1. The van der Waals surface area contributed by atoms with Crippen LogP contribution in [0.5, 0.6) is 0 Å². The molecule has 1 heterocycles. The van der Waals surface area contributed by atoms with Gasteiger partial charge < -0.3 is 0 Å². The average Bonchev–Trinajstić information content (AvgIpc) is 2.25. The summed E-state index contributed by atoms with van der Waals surface area (Å²) in [5.74, 6) is 0. The molecular weight excluding hydrogens is 222 g/mol. The van der Waals surface area contributed by atoms with Crippen LogP contribution in [0.1, 0.15) is 5.69 Å². The minimum absolute atomic E-state index is 0.643. The first-order valence-corrected chi connectivity index (χ1v) is 6.74. The summed E-state index contributed by atoms with van der Waals surface area (Å²) in [4.78, 5) is 4.33. The predicted octanol–water partition coefficient (Wildman–Crippen LogP) is 2.25. The van der Waals surface area contributed by atoms with Crippen LogP contribution in [0.25, 0.3) is 17.0 Å². The average molecular weight is 233 g/mol. The van der Waals surface area contributed by atoms with Gasteiger partial charge in [0.1, 0.15) is 0 Å². The lowest BCUT2D eigenvalue weighted by Crippen LogP contribution is -1.89. The largest absolute Gasteiger partial charge is 0.248 e. The van der Waals surface area contributed by atoms with Crippen LogP contribution in [-0.2, 0) is 9.84 Å². The first kappa shape index (κ1) is 10.8. The number of rotatable bonds is 2. The fourth-order valence-electron chi connectivity index (χ4n) is 1.37. The maximum atomic E-state index is 11.0. The molecule has 0 aliphatic rings. The van der Waals surface area contributed by atoms with Crippen LogP contribution in [0.15, 0.2) is 41.8 Å². The van der Waals surface area contributed by atoms with E-state index < -0.39 is 9.84 Å². The number of hydrogen-bond acceptors (Lipinski definition) is 3. The normalized spacial score (nSPS) is 12.3. The number of pyridine rings is 1. The molecular formula is C12H11NO2S. The zero-order valence-corrected chi connectivity index (χ0v) is 9.61. The molecule has 82 valence electrons. The topological polar surface area (TPSA) is 47.0 Å². The van der Waals surface area contributed by atoms with Gasteiger partial charge in [0.2, 0.25) is 0 Å². The van der Waals surface area contributed by atoms with Crippen molar-refractivity contribution >= 4 is 26.8 Å². The highest BCUT2D eigenvalue weighted by Crippen LogP contribution is 2.12. The van der Waals surface area contributed by atoms with Gasteiger partial charge >= 0.3 is 0 Å². The molecule has 0 bridgehead atoms. The van der Waals surface area contributed by atoms with Crippen LogP contribution in [-0.4, -0.2) is 19.7 Å². The van der Waals surface area contributed by atoms with E-state index in [2.05, 4.69) is 4.98 Å². The Kier molecular flexibility index (Phi) is 2.75. The Morgan fingerprint density at radius 2 is 1.88 bits per heavy atom. The minimum atomic E-state index is -3.10. The molecule has 0 atom stereocenters. The molecule has 4 heteroatoms. The van der Waals surface area contributed by atoms with E-state index >= 15 is 0 Å². The zero-order valence-electron chi connectivity index (χ0n) is 8.79. The maximum Gasteiger partial charge on any atom is 0.168 e. The Balaban J connectivity index is 2.44. The Hall–Kier alpha value is -1.68. The summed E-state index contributed by atoms with van der Waals surface area (Å²) in [6.07, 6.45) is 2.66. The van der Waals surface area contributed by atoms with Gasteiger partial charge in [-0.3, -0.25) is 0 Å². The summed E-state index contributed by atoms with van der Waals surface area (Å²) in [5.41, 5.74) is 1.50. The van der Waals surface area contributed by atoms with Crippen molar-refractivity contribution in [3.63, 3.8) is 0 Å². The lowest BCUT2D eigenvalue weighted by molar-refractivity contribution is 0.610. The molecule has 1 aromatic carbocycles. The molecule has 0 unspecified atom stereocenters. The van der Waals surface area contributed by atoms with Crippen molar-refractivity contribution in [3.8, 4) is 0 Å². The van der Waals surface area contributed by atoms with E-state index in [4.69, 9.17) is 0 Å². The summed E-state index contributed by atoms with van der Waals surface area (Å²) in [5, 5.41) is 2.20. The number of benzene rings is 1. The van der Waals surface area contributed by atoms with Gasteiger partial charge in [0, 0.05) is 17.1 Å². The fraction of sp³-hybridized carbons (Fsp3) is 0.0833. The highest BCUT2D eigenvalue weighted by atomic mass is 32.2. The molecule has 2 rings (SSSR count). The predicted molar refractivity (Wildman–Crippen MR) is 65.6 cm³/mol. The molecule has 3 nitrogen and oxygen atoms in total. The molecule has 2 aromatic rings. The summed E-state index contributed by atoms with van der Waals surface area (Å²) >= 11 is 0. The standard InChI is InChI=1S/C12H11NO2S/c1-16(14,15)9-8-11-7-6-10-4-2-3-5-12(10)13-11/h2-9H,1H3/b9-8+. The third kappa shape index (κ3) is 2.67. The van der Waals surface area contributed by atoms with Crippen LogP contribution < -0.4 is 0 Å². The van der Waals surface area contributed by atoms with Crippen molar-refractivity contribution in [2.75, 3.05) is 6.26 Å². The summed E-state index contributed by atoms with van der Waals surface area (Å²) in [6, 6.07) is 11.4. The maximum absolute atomic E-state index is 11.0. The highest BCUT2D eigenvalue weighted by molar-refractivity contribution is 7.93. The van der Waals surface area contributed by atoms with Crippen LogP contribution in [0, 0.1) is 0 Å². The first-order chi connectivity index (χ1) is 7.54.